The van der Waals surface area contributed by atoms with Crippen molar-refractivity contribution >= 4 is 38.6 Å². The van der Waals surface area contributed by atoms with Crippen LogP contribution in [-0.4, -0.2) is 26.2 Å². The maximum Gasteiger partial charge on any atom is 0.132 e. The fourth-order valence-corrected chi connectivity index (χ4v) is 4.44. The first-order chi connectivity index (χ1) is 12.3. The lowest BCUT2D eigenvalue weighted by atomic mass is 10.2. The van der Waals surface area contributed by atoms with Crippen molar-refractivity contribution in [2.75, 3.05) is 6.26 Å². The molecule has 0 saturated carbocycles. The molecule has 124 valence electrons. The highest BCUT2D eigenvalue weighted by Gasteiger charge is 2.16. The summed E-state index contributed by atoms with van der Waals surface area (Å²) in [5.74, 6) is 0. The molecule has 25 heavy (non-hydrogen) atoms. The van der Waals surface area contributed by atoms with Crippen LogP contribution in [0.5, 0.6) is 0 Å². The van der Waals surface area contributed by atoms with Crippen LogP contribution in [0, 0.1) is 0 Å². The molecule has 0 spiro atoms. The van der Waals surface area contributed by atoms with Crippen molar-refractivity contribution in [1.82, 2.24) is 20.0 Å². The molecule has 0 unspecified atom stereocenters. The smallest absolute Gasteiger partial charge is 0.132 e. The fraction of sp³-hybridized carbons (Fsp3) is 0.105. The van der Waals surface area contributed by atoms with E-state index in [0.717, 1.165) is 26.8 Å². The van der Waals surface area contributed by atoms with Gasteiger partial charge in [0.2, 0.25) is 0 Å². The van der Waals surface area contributed by atoms with E-state index >= 15 is 0 Å². The Bertz CT molecular complexity index is 1030. The summed E-state index contributed by atoms with van der Waals surface area (Å²) in [4.78, 5) is 5.96. The number of fused-ring (bicyclic) bond motifs is 1. The summed E-state index contributed by atoms with van der Waals surface area (Å²) in [7, 11) is 0. The molecule has 6 heteroatoms. The highest BCUT2D eigenvalue weighted by atomic mass is 79.9. The minimum atomic E-state index is 0.689. The molecule has 2 aromatic carbocycles. The average Bonchev–Trinajstić information content (AvgIpc) is 3.10. The van der Waals surface area contributed by atoms with E-state index in [1.165, 1.54) is 10.5 Å². The van der Waals surface area contributed by atoms with E-state index in [9.17, 15) is 0 Å². The molecule has 2 heterocycles. The zero-order valence-corrected chi connectivity index (χ0v) is 16.0. The predicted octanol–water partition coefficient (Wildman–Crippen LogP) is 5.03. The molecule has 0 aliphatic rings. The van der Waals surface area contributed by atoms with Crippen LogP contribution < -0.4 is 0 Å². The Balaban J connectivity index is 1.76. The quantitative estimate of drug-likeness (QED) is 0.442. The molecule has 4 aromatic rings. The van der Waals surface area contributed by atoms with Crippen LogP contribution in [0.2, 0.25) is 0 Å². The van der Waals surface area contributed by atoms with Gasteiger partial charge in [-0.25, -0.2) is 9.67 Å². The maximum absolute atomic E-state index is 4.80. The lowest BCUT2D eigenvalue weighted by Gasteiger charge is -2.09. The molecule has 0 bridgehead atoms. The number of thioether (sulfide) groups is 1. The van der Waals surface area contributed by atoms with Crippen molar-refractivity contribution in [3.63, 3.8) is 0 Å². The molecule has 2 aromatic heterocycles. The number of benzene rings is 2. The second-order valence-corrected chi connectivity index (χ2v) is 7.22. The molecule has 0 amide bonds. The van der Waals surface area contributed by atoms with Crippen LogP contribution in [-0.2, 0) is 6.54 Å². The van der Waals surface area contributed by atoms with Crippen LogP contribution in [0.25, 0.3) is 22.3 Å². The lowest BCUT2D eigenvalue weighted by molar-refractivity contribution is 0.650. The van der Waals surface area contributed by atoms with Gasteiger partial charge in [0.05, 0.1) is 22.7 Å². The number of hydrogen-bond donors (Lipinski definition) is 0. The summed E-state index contributed by atoms with van der Waals surface area (Å²) in [5.41, 5.74) is 3.74. The molecule has 0 saturated heterocycles. The molecule has 0 fully saturated rings. The minimum absolute atomic E-state index is 0.689. The Morgan fingerprint density at radius 1 is 1.04 bits per heavy atom. The molecule has 4 rings (SSSR count). The minimum Gasteiger partial charge on any atom is -0.247 e. The standard InChI is InChI=1S/C19H15BrN4S/c1-25-19-14-9-5-6-10-15(14)21-18(17(19)20)16-12-24(23-22-16)11-13-7-3-2-4-8-13/h2-10,12H,11H2,1H3. The number of para-hydroxylation sites is 1. The van der Waals surface area contributed by atoms with Crippen molar-refractivity contribution in [2.45, 2.75) is 11.4 Å². The summed E-state index contributed by atoms with van der Waals surface area (Å²) in [5, 5.41) is 9.74. The Kier molecular flexibility index (Phi) is 4.55. The summed E-state index contributed by atoms with van der Waals surface area (Å²) >= 11 is 5.42. The van der Waals surface area contributed by atoms with Gasteiger partial charge >= 0.3 is 0 Å². The molecular weight excluding hydrogens is 396 g/mol. The van der Waals surface area contributed by atoms with Gasteiger partial charge in [0.15, 0.2) is 0 Å². The Morgan fingerprint density at radius 3 is 2.60 bits per heavy atom. The third kappa shape index (κ3) is 3.19. The van der Waals surface area contributed by atoms with E-state index in [1.54, 1.807) is 11.8 Å². The number of hydrogen-bond acceptors (Lipinski definition) is 4. The van der Waals surface area contributed by atoms with Crippen LogP contribution >= 0.6 is 27.7 Å². The molecule has 4 nitrogen and oxygen atoms in total. The summed E-state index contributed by atoms with van der Waals surface area (Å²) < 4.78 is 2.80. The summed E-state index contributed by atoms with van der Waals surface area (Å²) in [6.45, 7) is 0.689. The first-order valence-electron chi connectivity index (χ1n) is 7.83. The van der Waals surface area contributed by atoms with Gasteiger partial charge in [-0.15, -0.1) is 16.9 Å². The third-order valence-corrected chi connectivity index (χ3v) is 5.83. The molecule has 0 aliphatic heterocycles. The SMILES string of the molecule is CSc1c(Br)c(-c2cn(Cc3ccccc3)nn2)nc2ccccc12. The van der Waals surface area contributed by atoms with E-state index in [0.29, 0.717) is 6.54 Å². The number of aromatic nitrogens is 4. The first-order valence-corrected chi connectivity index (χ1v) is 9.84. The number of rotatable bonds is 4. The van der Waals surface area contributed by atoms with Gasteiger partial charge in [-0.3, -0.25) is 0 Å². The first kappa shape index (κ1) is 16.3. The van der Waals surface area contributed by atoms with Crippen LogP contribution in [0.3, 0.4) is 0 Å². The third-order valence-electron chi connectivity index (χ3n) is 3.96. The maximum atomic E-state index is 4.80. The van der Waals surface area contributed by atoms with Crippen molar-refractivity contribution in [3.05, 3.63) is 70.8 Å². The second-order valence-electron chi connectivity index (χ2n) is 5.61. The van der Waals surface area contributed by atoms with Gasteiger partial charge in [-0.2, -0.15) is 0 Å². The van der Waals surface area contributed by atoms with Gasteiger partial charge < -0.3 is 0 Å². The summed E-state index contributed by atoms with van der Waals surface area (Å²) in [6.07, 6.45) is 4.02. The zero-order valence-electron chi connectivity index (χ0n) is 13.6. The van der Waals surface area contributed by atoms with E-state index < -0.39 is 0 Å². The molecule has 0 aliphatic carbocycles. The van der Waals surface area contributed by atoms with Crippen molar-refractivity contribution in [3.8, 4) is 11.4 Å². The highest BCUT2D eigenvalue weighted by molar-refractivity contribution is 9.10. The van der Waals surface area contributed by atoms with Crippen LogP contribution in [0.1, 0.15) is 5.56 Å². The largest absolute Gasteiger partial charge is 0.247 e. The van der Waals surface area contributed by atoms with E-state index in [4.69, 9.17) is 4.98 Å². The number of halogens is 1. The lowest BCUT2D eigenvalue weighted by Crippen LogP contribution is -1.99. The highest BCUT2D eigenvalue weighted by Crippen LogP contribution is 2.38. The average molecular weight is 411 g/mol. The predicted molar refractivity (Wildman–Crippen MR) is 106 cm³/mol. The van der Waals surface area contributed by atoms with Gasteiger partial charge in [-0.1, -0.05) is 53.7 Å². The normalized spacial score (nSPS) is 11.1. The van der Waals surface area contributed by atoms with Crippen LogP contribution in [0.4, 0.5) is 0 Å². The monoisotopic (exact) mass is 410 g/mol. The number of pyridine rings is 1. The van der Waals surface area contributed by atoms with Crippen molar-refractivity contribution in [1.29, 1.82) is 0 Å². The second kappa shape index (κ2) is 6.98. The van der Waals surface area contributed by atoms with Gasteiger partial charge in [-0.05, 0) is 33.8 Å². The van der Waals surface area contributed by atoms with Crippen LogP contribution in [0.15, 0.2) is 70.2 Å². The fourth-order valence-electron chi connectivity index (χ4n) is 2.78. The molecule has 0 N–H and O–H groups in total. The van der Waals surface area contributed by atoms with E-state index in [-0.39, 0.29) is 0 Å². The number of nitrogens with zero attached hydrogens (tertiary/aromatic N) is 4. The van der Waals surface area contributed by atoms with E-state index in [1.807, 2.05) is 47.3 Å². The Morgan fingerprint density at radius 2 is 1.80 bits per heavy atom. The molecule has 0 atom stereocenters. The van der Waals surface area contributed by atoms with Crippen molar-refractivity contribution < 1.29 is 0 Å². The zero-order chi connectivity index (χ0) is 17.2. The van der Waals surface area contributed by atoms with Gasteiger partial charge in [0.25, 0.3) is 0 Å². The van der Waals surface area contributed by atoms with Gasteiger partial charge in [0, 0.05) is 10.3 Å². The topological polar surface area (TPSA) is 43.6 Å². The van der Waals surface area contributed by atoms with E-state index in [2.05, 4.69) is 50.7 Å². The summed E-state index contributed by atoms with van der Waals surface area (Å²) in [6, 6.07) is 18.4. The Labute approximate surface area is 158 Å². The van der Waals surface area contributed by atoms with Crippen molar-refractivity contribution in [2.24, 2.45) is 0 Å². The van der Waals surface area contributed by atoms with Gasteiger partial charge in [0.1, 0.15) is 11.4 Å². The molecular formula is C19H15BrN4S. The Hall–Kier alpha value is -2.18. The molecule has 0 radical (unpaired) electrons.